The van der Waals surface area contributed by atoms with Crippen molar-refractivity contribution in [3.05, 3.63) is 60.2 Å². The molecule has 3 aromatic rings. The molecule has 30 heavy (non-hydrogen) atoms. The number of rotatable bonds is 5. The third-order valence-electron chi connectivity index (χ3n) is 4.97. The maximum absolute atomic E-state index is 3.63. The molecule has 0 atom stereocenters. The summed E-state index contributed by atoms with van der Waals surface area (Å²) in [6, 6.07) is 19.9. The second-order valence-electron chi connectivity index (χ2n) is 6.61. The molecule has 0 bridgehead atoms. The fourth-order valence-electron chi connectivity index (χ4n) is 3.58. The molecule has 172 valence electrons. The predicted molar refractivity (Wildman–Crippen MR) is 146 cm³/mol. The summed E-state index contributed by atoms with van der Waals surface area (Å²) in [5, 5.41) is 12.4. The molecule has 1 fully saturated rings. The first kappa shape index (κ1) is 34.4. The van der Waals surface area contributed by atoms with Crippen LogP contribution in [0.4, 0.5) is 0 Å². The first-order chi connectivity index (χ1) is 11.9. The fraction of sp³-hybridized carbons (Fsp3) is 0.333. The van der Waals surface area contributed by atoms with E-state index in [1.165, 1.54) is 40.2 Å². The van der Waals surface area contributed by atoms with E-state index in [4.69, 9.17) is 0 Å². The van der Waals surface area contributed by atoms with Gasteiger partial charge in [-0.1, -0.05) is 42.5 Å². The normalized spacial score (nSPS) is 12.8. The highest BCUT2D eigenvalue weighted by Crippen LogP contribution is 2.25. The zero-order valence-corrected chi connectivity index (χ0v) is 21.4. The first-order valence-corrected chi connectivity index (χ1v) is 8.94. The van der Waals surface area contributed by atoms with E-state index in [2.05, 4.69) is 70.1 Å². The molecule has 3 aromatic carbocycles. The number of benzene rings is 3. The van der Waals surface area contributed by atoms with E-state index in [-0.39, 0.29) is 74.4 Å². The van der Waals surface area contributed by atoms with Crippen LogP contribution >= 0.6 is 74.4 Å². The van der Waals surface area contributed by atoms with Gasteiger partial charge in [0, 0.05) is 45.8 Å². The van der Waals surface area contributed by atoms with Crippen molar-refractivity contribution < 1.29 is 0 Å². The Morgan fingerprint density at radius 1 is 0.733 bits per heavy atom. The Hall–Kier alpha value is -0.200. The molecule has 1 saturated heterocycles. The smallest absolute Gasteiger partial charge is 0.0212 e. The van der Waals surface area contributed by atoms with Gasteiger partial charge in [-0.15, -0.1) is 74.4 Å². The molecular formula is C21H31Cl6N3. The van der Waals surface area contributed by atoms with Gasteiger partial charge in [0.05, 0.1) is 0 Å². The molecule has 3 nitrogen and oxygen atoms in total. The van der Waals surface area contributed by atoms with Crippen molar-refractivity contribution in [3.8, 4) is 0 Å². The molecule has 1 aliphatic rings. The summed E-state index contributed by atoms with van der Waals surface area (Å²) in [5.74, 6) is 0. The van der Waals surface area contributed by atoms with E-state index >= 15 is 0 Å². The Morgan fingerprint density at radius 2 is 1.33 bits per heavy atom. The minimum Gasteiger partial charge on any atom is -0.314 e. The molecule has 0 unspecified atom stereocenters. The van der Waals surface area contributed by atoms with Gasteiger partial charge in [-0.05, 0) is 39.2 Å². The van der Waals surface area contributed by atoms with Gasteiger partial charge < -0.3 is 10.6 Å². The molecule has 1 aliphatic heterocycles. The third-order valence-corrected chi connectivity index (χ3v) is 4.97. The van der Waals surface area contributed by atoms with Gasteiger partial charge in [0.15, 0.2) is 0 Å². The average molecular weight is 538 g/mol. The van der Waals surface area contributed by atoms with Gasteiger partial charge >= 0.3 is 0 Å². The molecule has 0 saturated carbocycles. The van der Waals surface area contributed by atoms with Crippen molar-refractivity contribution in [2.24, 2.45) is 0 Å². The van der Waals surface area contributed by atoms with Crippen LogP contribution in [0.25, 0.3) is 21.5 Å². The van der Waals surface area contributed by atoms with Gasteiger partial charge in [-0.2, -0.15) is 0 Å². The maximum atomic E-state index is 3.63. The van der Waals surface area contributed by atoms with Gasteiger partial charge in [-0.25, -0.2) is 0 Å². The van der Waals surface area contributed by atoms with Crippen LogP contribution in [0.3, 0.4) is 0 Å². The zero-order chi connectivity index (χ0) is 16.2. The van der Waals surface area contributed by atoms with Crippen LogP contribution in [0.2, 0.25) is 0 Å². The number of piperazine rings is 1. The Morgan fingerprint density at radius 3 is 2.00 bits per heavy atom. The van der Waals surface area contributed by atoms with Gasteiger partial charge in [-0.3, -0.25) is 4.90 Å². The molecule has 0 aliphatic carbocycles. The lowest BCUT2D eigenvalue weighted by Gasteiger charge is -2.27. The fourth-order valence-corrected chi connectivity index (χ4v) is 3.58. The van der Waals surface area contributed by atoms with E-state index in [1.807, 2.05) is 0 Å². The Bertz CT molecular complexity index is 843. The first-order valence-electron chi connectivity index (χ1n) is 8.94. The van der Waals surface area contributed by atoms with Gasteiger partial charge in [0.2, 0.25) is 0 Å². The van der Waals surface area contributed by atoms with Gasteiger partial charge in [0.25, 0.3) is 0 Å². The highest BCUT2D eigenvalue weighted by molar-refractivity contribution is 5.99. The summed E-state index contributed by atoms with van der Waals surface area (Å²) < 4.78 is 0. The van der Waals surface area contributed by atoms with Crippen LogP contribution < -0.4 is 10.6 Å². The maximum Gasteiger partial charge on any atom is 0.0212 e. The standard InChI is InChI=1S/C21H25N3.6ClH/c1-2-5-18-15-21-19(14-17(18)4-1)6-3-7-20(21)16-23-10-13-24-11-8-22-9-12-24;;;;;;/h1-7,14-15,22-23H,8-13,16H2;6*1H. The number of halogens is 6. The third kappa shape index (κ3) is 8.74. The minimum absolute atomic E-state index is 0. The minimum atomic E-state index is 0. The van der Waals surface area contributed by atoms with Crippen LogP contribution in [0.15, 0.2) is 54.6 Å². The van der Waals surface area contributed by atoms with Crippen LogP contribution in [0.5, 0.6) is 0 Å². The van der Waals surface area contributed by atoms with Crippen molar-refractivity contribution in [1.82, 2.24) is 15.5 Å². The molecule has 0 radical (unpaired) electrons. The lowest BCUT2D eigenvalue weighted by molar-refractivity contribution is 0.241. The molecule has 9 heteroatoms. The van der Waals surface area contributed by atoms with Crippen LogP contribution in [0.1, 0.15) is 5.56 Å². The summed E-state index contributed by atoms with van der Waals surface area (Å²) in [6.07, 6.45) is 0. The summed E-state index contributed by atoms with van der Waals surface area (Å²) >= 11 is 0. The van der Waals surface area contributed by atoms with E-state index in [9.17, 15) is 0 Å². The number of hydrogen-bond donors (Lipinski definition) is 2. The molecule has 2 N–H and O–H groups in total. The van der Waals surface area contributed by atoms with Crippen molar-refractivity contribution in [2.75, 3.05) is 39.3 Å². The van der Waals surface area contributed by atoms with Crippen molar-refractivity contribution in [1.29, 1.82) is 0 Å². The number of nitrogens with one attached hydrogen (secondary N) is 2. The number of fused-ring (bicyclic) bond motifs is 2. The summed E-state index contributed by atoms with van der Waals surface area (Å²) in [5.41, 5.74) is 1.39. The number of nitrogens with zero attached hydrogens (tertiary/aromatic N) is 1. The lowest BCUT2D eigenvalue weighted by atomic mass is 10.00. The Kier molecular flexibility index (Phi) is 19.9. The Labute approximate surface area is 216 Å². The topological polar surface area (TPSA) is 27.3 Å². The molecule has 1 heterocycles. The van der Waals surface area contributed by atoms with Crippen molar-refractivity contribution in [2.45, 2.75) is 6.54 Å². The van der Waals surface area contributed by atoms with E-state index in [0.717, 1.165) is 32.7 Å². The summed E-state index contributed by atoms with van der Waals surface area (Å²) in [7, 11) is 0. The zero-order valence-electron chi connectivity index (χ0n) is 16.5. The molecular weight excluding hydrogens is 507 g/mol. The molecule has 0 spiro atoms. The van der Waals surface area contributed by atoms with Crippen LogP contribution in [0, 0.1) is 0 Å². The monoisotopic (exact) mass is 535 g/mol. The molecule has 4 rings (SSSR count). The summed E-state index contributed by atoms with van der Waals surface area (Å²) in [6.45, 7) is 7.69. The lowest BCUT2D eigenvalue weighted by Crippen LogP contribution is -2.45. The average Bonchev–Trinajstić information content (AvgIpc) is 2.64. The van der Waals surface area contributed by atoms with Crippen molar-refractivity contribution in [3.63, 3.8) is 0 Å². The second kappa shape index (κ2) is 17.4. The SMILES string of the molecule is Cl.Cl.Cl.Cl.Cl.Cl.c1ccc2cc3c(CNCCN4CCNCC4)cccc3cc2c1. The van der Waals surface area contributed by atoms with E-state index in [0.29, 0.717) is 0 Å². The Balaban J connectivity index is -0.00000121. The molecule has 0 aromatic heterocycles. The quantitative estimate of drug-likeness (QED) is 0.331. The number of hydrogen-bond acceptors (Lipinski definition) is 3. The van der Waals surface area contributed by atoms with E-state index < -0.39 is 0 Å². The highest BCUT2D eigenvalue weighted by Gasteiger charge is 2.08. The molecule has 0 amide bonds. The second-order valence-corrected chi connectivity index (χ2v) is 6.61. The van der Waals surface area contributed by atoms with E-state index in [1.54, 1.807) is 0 Å². The summed E-state index contributed by atoms with van der Waals surface area (Å²) in [4.78, 5) is 2.53. The van der Waals surface area contributed by atoms with Crippen LogP contribution in [-0.2, 0) is 6.54 Å². The van der Waals surface area contributed by atoms with Crippen LogP contribution in [-0.4, -0.2) is 44.2 Å². The predicted octanol–water partition coefficient (Wildman–Crippen LogP) is 5.52. The largest absolute Gasteiger partial charge is 0.314 e. The van der Waals surface area contributed by atoms with Crippen molar-refractivity contribution >= 4 is 96.0 Å². The highest BCUT2D eigenvalue weighted by atomic mass is 35.5. The van der Waals surface area contributed by atoms with Gasteiger partial charge in [0.1, 0.15) is 0 Å².